The maximum atomic E-state index is 11.8. The van der Waals surface area contributed by atoms with Gasteiger partial charge in [0.25, 0.3) is 0 Å². The van der Waals surface area contributed by atoms with Gasteiger partial charge in [-0.25, -0.2) is 13.1 Å². The second-order valence-electron chi connectivity index (χ2n) is 4.90. The highest BCUT2D eigenvalue weighted by Crippen LogP contribution is 2.18. The molecule has 0 aliphatic heterocycles. The topological polar surface area (TPSA) is 58.2 Å². The predicted molar refractivity (Wildman–Crippen MR) is 66.9 cm³/mol. The number of rotatable bonds is 8. The van der Waals surface area contributed by atoms with Crippen LogP contribution in [0.5, 0.6) is 0 Å². The van der Waals surface area contributed by atoms with Gasteiger partial charge in [0.15, 0.2) is 0 Å². The molecule has 0 amide bonds. The van der Waals surface area contributed by atoms with E-state index in [2.05, 4.69) is 23.9 Å². The van der Waals surface area contributed by atoms with Crippen molar-refractivity contribution in [3.05, 3.63) is 0 Å². The molecule has 4 nitrogen and oxygen atoms in total. The van der Waals surface area contributed by atoms with Gasteiger partial charge >= 0.3 is 0 Å². The van der Waals surface area contributed by atoms with Gasteiger partial charge in [0.05, 0.1) is 5.25 Å². The van der Waals surface area contributed by atoms with Crippen molar-refractivity contribution in [2.24, 2.45) is 5.92 Å². The minimum absolute atomic E-state index is 0.350. The molecule has 1 saturated carbocycles. The quantitative estimate of drug-likeness (QED) is 0.676. The summed E-state index contributed by atoms with van der Waals surface area (Å²) in [7, 11) is -3.15. The molecule has 1 aliphatic carbocycles. The maximum absolute atomic E-state index is 11.8. The Bertz CT molecular complexity index is 299. The highest BCUT2D eigenvalue weighted by atomic mass is 32.2. The predicted octanol–water partition coefficient (Wildman–Crippen LogP) is 1.09. The molecule has 0 aromatic rings. The van der Waals surface area contributed by atoms with E-state index in [-0.39, 0.29) is 5.25 Å². The van der Waals surface area contributed by atoms with E-state index in [9.17, 15) is 8.42 Å². The Morgan fingerprint density at radius 3 is 2.38 bits per heavy atom. The Hall–Kier alpha value is -0.130. The van der Waals surface area contributed by atoms with Crippen LogP contribution in [0, 0.1) is 5.92 Å². The molecule has 1 fully saturated rings. The van der Waals surface area contributed by atoms with Crippen molar-refractivity contribution in [1.29, 1.82) is 0 Å². The molecule has 0 aromatic heterocycles. The summed E-state index contributed by atoms with van der Waals surface area (Å²) < 4.78 is 26.4. The van der Waals surface area contributed by atoms with E-state index in [1.165, 1.54) is 12.8 Å². The average molecular weight is 248 g/mol. The summed E-state index contributed by atoms with van der Waals surface area (Å²) in [6, 6.07) is 0.562. The number of hydrogen-bond acceptors (Lipinski definition) is 3. The Morgan fingerprint density at radius 2 is 1.88 bits per heavy atom. The van der Waals surface area contributed by atoms with Crippen molar-refractivity contribution in [2.45, 2.75) is 51.3 Å². The van der Waals surface area contributed by atoms with E-state index < -0.39 is 10.0 Å². The normalized spacial score (nSPS) is 20.7. The van der Waals surface area contributed by atoms with Crippen molar-refractivity contribution in [3.63, 3.8) is 0 Å². The first kappa shape index (κ1) is 13.9. The minimum Gasteiger partial charge on any atom is -0.313 e. The Labute approximate surface area is 99.2 Å². The fourth-order valence-corrected chi connectivity index (χ4v) is 2.39. The molecule has 1 rings (SSSR count). The lowest BCUT2D eigenvalue weighted by Crippen LogP contribution is -2.40. The molecule has 0 aromatic carbocycles. The van der Waals surface area contributed by atoms with Gasteiger partial charge in [-0.2, -0.15) is 0 Å². The smallest absolute Gasteiger partial charge is 0.215 e. The number of hydrogen-bond donors (Lipinski definition) is 2. The highest BCUT2D eigenvalue weighted by Gasteiger charge is 2.25. The summed E-state index contributed by atoms with van der Waals surface area (Å²) in [5.41, 5.74) is 0. The molecule has 2 unspecified atom stereocenters. The third-order valence-electron chi connectivity index (χ3n) is 3.13. The van der Waals surface area contributed by atoms with Crippen molar-refractivity contribution in [2.75, 3.05) is 13.1 Å². The van der Waals surface area contributed by atoms with Gasteiger partial charge in [-0.05, 0) is 25.7 Å². The highest BCUT2D eigenvalue weighted by molar-refractivity contribution is 7.90. The summed E-state index contributed by atoms with van der Waals surface area (Å²) >= 11 is 0. The van der Waals surface area contributed by atoms with Crippen LogP contribution in [-0.2, 0) is 10.0 Å². The first-order valence-electron chi connectivity index (χ1n) is 6.17. The van der Waals surface area contributed by atoms with Gasteiger partial charge in [0, 0.05) is 19.1 Å². The Kier molecular flexibility index (Phi) is 5.21. The Morgan fingerprint density at radius 1 is 1.25 bits per heavy atom. The van der Waals surface area contributed by atoms with Crippen LogP contribution in [0.4, 0.5) is 0 Å². The van der Waals surface area contributed by atoms with Crippen LogP contribution < -0.4 is 10.0 Å². The fraction of sp³-hybridized carbons (Fsp3) is 1.00. The van der Waals surface area contributed by atoms with Crippen LogP contribution in [0.25, 0.3) is 0 Å². The largest absolute Gasteiger partial charge is 0.313 e. The second-order valence-corrected chi connectivity index (χ2v) is 7.08. The fourth-order valence-electron chi connectivity index (χ4n) is 1.27. The first-order chi connectivity index (χ1) is 7.45. The van der Waals surface area contributed by atoms with Crippen LogP contribution in [-0.4, -0.2) is 32.8 Å². The maximum Gasteiger partial charge on any atom is 0.215 e. The summed E-state index contributed by atoms with van der Waals surface area (Å²) in [6.45, 7) is 6.98. The molecule has 0 saturated heterocycles. The first-order valence-corrected chi connectivity index (χ1v) is 7.72. The van der Waals surface area contributed by atoms with Crippen LogP contribution in [0.2, 0.25) is 0 Å². The average Bonchev–Trinajstić information content (AvgIpc) is 3.06. The molecule has 0 radical (unpaired) electrons. The molecule has 1 aliphatic rings. The second kappa shape index (κ2) is 5.98. The molecular weight excluding hydrogens is 224 g/mol. The molecule has 0 spiro atoms. The monoisotopic (exact) mass is 248 g/mol. The van der Waals surface area contributed by atoms with Crippen LogP contribution >= 0.6 is 0 Å². The van der Waals surface area contributed by atoms with Crippen LogP contribution in [0.1, 0.15) is 40.0 Å². The number of sulfonamides is 1. The zero-order chi connectivity index (χ0) is 12.2. The molecule has 5 heteroatoms. The molecule has 0 heterocycles. The molecule has 96 valence electrons. The lowest BCUT2D eigenvalue weighted by Gasteiger charge is -2.16. The molecule has 2 atom stereocenters. The molecule has 0 bridgehead atoms. The van der Waals surface area contributed by atoms with Gasteiger partial charge in [-0.1, -0.05) is 20.3 Å². The van der Waals surface area contributed by atoms with E-state index in [1.807, 2.05) is 0 Å². The van der Waals surface area contributed by atoms with Gasteiger partial charge in [0.2, 0.25) is 10.0 Å². The third kappa shape index (κ3) is 4.80. The van der Waals surface area contributed by atoms with Gasteiger partial charge < -0.3 is 5.32 Å². The van der Waals surface area contributed by atoms with Gasteiger partial charge in [-0.3, -0.25) is 0 Å². The van der Waals surface area contributed by atoms with Gasteiger partial charge in [0.1, 0.15) is 0 Å². The zero-order valence-corrected chi connectivity index (χ0v) is 11.3. The van der Waals surface area contributed by atoms with E-state index >= 15 is 0 Å². The lowest BCUT2D eigenvalue weighted by molar-refractivity contribution is 0.518. The summed E-state index contributed by atoms with van der Waals surface area (Å²) in [5, 5.41) is 2.90. The third-order valence-corrected chi connectivity index (χ3v) is 4.93. The summed E-state index contributed by atoms with van der Waals surface area (Å²) in [4.78, 5) is 0. The molecule has 2 N–H and O–H groups in total. The van der Waals surface area contributed by atoms with Crippen molar-refractivity contribution in [1.82, 2.24) is 10.0 Å². The van der Waals surface area contributed by atoms with Crippen molar-refractivity contribution in [3.8, 4) is 0 Å². The minimum atomic E-state index is -3.15. The SMILES string of the molecule is CCC(C)CNS(=O)(=O)C(C)CNC1CC1. The van der Waals surface area contributed by atoms with Crippen molar-refractivity contribution >= 4 is 10.0 Å². The molecule has 16 heavy (non-hydrogen) atoms. The molecular formula is C11H24N2O2S. The summed E-state index contributed by atoms with van der Waals surface area (Å²) in [5.74, 6) is 0.401. The van der Waals surface area contributed by atoms with Gasteiger partial charge in [-0.15, -0.1) is 0 Å². The standard InChI is InChI=1S/C11H24N2O2S/c1-4-9(2)7-13-16(14,15)10(3)8-12-11-5-6-11/h9-13H,4-8H2,1-3H3. The Balaban J connectivity index is 2.29. The van der Waals surface area contributed by atoms with E-state index in [4.69, 9.17) is 0 Å². The van der Waals surface area contributed by atoms with Crippen LogP contribution in [0.15, 0.2) is 0 Å². The van der Waals surface area contributed by atoms with E-state index in [1.54, 1.807) is 6.92 Å². The summed E-state index contributed by atoms with van der Waals surface area (Å²) in [6.07, 6.45) is 3.37. The lowest BCUT2D eigenvalue weighted by atomic mass is 10.1. The van der Waals surface area contributed by atoms with E-state index in [0.29, 0.717) is 25.0 Å². The zero-order valence-electron chi connectivity index (χ0n) is 10.5. The number of nitrogens with one attached hydrogen (secondary N) is 2. The van der Waals surface area contributed by atoms with E-state index in [0.717, 1.165) is 6.42 Å². The van der Waals surface area contributed by atoms with Crippen molar-refractivity contribution < 1.29 is 8.42 Å². The van der Waals surface area contributed by atoms with Crippen LogP contribution in [0.3, 0.4) is 0 Å².